The van der Waals surface area contributed by atoms with Gasteiger partial charge in [0.25, 0.3) is 0 Å². The predicted octanol–water partition coefficient (Wildman–Crippen LogP) is 1.22. The third kappa shape index (κ3) is 2.87. The summed E-state index contributed by atoms with van der Waals surface area (Å²) in [5.41, 5.74) is 0. The standard InChI is InChI=1S/C12H16O4/c1-9(13)6-14-7-10-8-15-11-4-2-3-5-12(11)16-10/h2-5,9-10,13H,6-8H2,1H3. The number of fused-ring (bicyclic) bond motifs is 1. The molecule has 0 fully saturated rings. The molecule has 1 aliphatic rings. The van der Waals surface area contributed by atoms with Gasteiger partial charge < -0.3 is 19.3 Å². The lowest BCUT2D eigenvalue weighted by Gasteiger charge is -2.26. The summed E-state index contributed by atoms with van der Waals surface area (Å²) in [4.78, 5) is 0. The van der Waals surface area contributed by atoms with E-state index in [2.05, 4.69) is 0 Å². The van der Waals surface area contributed by atoms with Crippen LogP contribution in [0.2, 0.25) is 0 Å². The van der Waals surface area contributed by atoms with Gasteiger partial charge in [-0.2, -0.15) is 0 Å². The van der Waals surface area contributed by atoms with Gasteiger partial charge in [0.05, 0.1) is 19.3 Å². The number of aliphatic hydroxyl groups is 1. The van der Waals surface area contributed by atoms with Crippen molar-refractivity contribution in [2.75, 3.05) is 19.8 Å². The Morgan fingerprint density at radius 1 is 1.44 bits per heavy atom. The lowest BCUT2D eigenvalue weighted by atomic mass is 10.3. The van der Waals surface area contributed by atoms with Crippen molar-refractivity contribution < 1.29 is 19.3 Å². The fourth-order valence-corrected chi connectivity index (χ4v) is 1.52. The lowest BCUT2D eigenvalue weighted by Crippen LogP contribution is -2.34. The highest BCUT2D eigenvalue weighted by Gasteiger charge is 2.20. The number of rotatable bonds is 4. The van der Waals surface area contributed by atoms with Gasteiger partial charge in [0.2, 0.25) is 0 Å². The van der Waals surface area contributed by atoms with Gasteiger partial charge >= 0.3 is 0 Å². The molecule has 0 bridgehead atoms. The highest BCUT2D eigenvalue weighted by molar-refractivity contribution is 5.40. The summed E-state index contributed by atoms with van der Waals surface area (Å²) >= 11 is 0. The second-order valence-corrected chi connectivity index (χ2v) is 3.88. The number of para-hydroxylation sites is 2. The maximum absolute atomic E-state index is 9.04. The van der Waals surface area contributed by atoms with E-state index in [-0.39, 0.29) is 6.10 Å². The van der Waals surface area contributed by atoms with Crippen LogP contribution in [0, 0.1) is 0 Å². The van der Waals surface area contributed by atoms with E-state index in [4.69, 9.17) is 19.3 Å². The van der Waals surface area contributed by atoms with Gasteiger partial charge in [-0.3, -0.25) is 0 Å². The first-order valence-corrected chi connectivity index (χ1v) is 5.40. The molecule has 1 aromatic rings. The average Bonchev–Trinajstić information content (AvgIpc) is 2.28. The molecular formula is C12H16O4. The van der Waals surface area contributed by atoms with Crippen molar-refractivity contribution in [1.82, 2.24) is 0 Å². The number of hydrogen-bond donors (Lipinski definition) is 1. The van der Waals surface area contributed by atoms with Crippen molar-refractivity contribution >= 4 is 0 Å². The Morgan fingerprint density at radius 3 is 2.94 bits per heavy atom. The Balaban J connectivity index is 1.83. The molecule has 0 saturated heterocycles. The van der Waals surface area contributed by atoms with Crippen LogP contribution in [-0.4, -0.2) is 37.1 Å². The summed E-state index contributed by atoms with van der Waals surface area (Å²) in [6.07, 6.45) is -0.551. The topological polar surface area (TPSA) is 47.9 Å². The molecule has 0 radical (unpaired) electrons. The Labute approximate surface area is 94.8 Å². The van der Waals surface area contributed by atoms with Crippen LogP contribution >= 0.6 is 0 Å². The van der Waals surface area contributed by atoms with Crippen LogP contribution in [0.15, 0.2) is 24.3 Å². The SMILES string of the molecule is CC(O)COCC1COc2ccccc2O1. The first-order valence-electron chi connectivity index (χ1n) is 5.40. The van der Waals surface area contributed by atoms with Gasteiger partial charge in [-0.05, 0) is 19.1 Å². The van der Waals surface area contributed by atoms with Crippen LogP contribution in [0.1, 0.15) is 6.92 Å². The van der Waals surface area contributed by atoms with Crippen LogP contribution in [0.3, 0.4) is 0 Å². The minimum atomic E-state index is -0.447. The molecule has 0 saturated carbocycles. The molecule has 16 heavy (non-hydrogen) atoms. The zero-order valence-electron chi connectivity index (χ0n) is 9.26. The first-order chi connectivity index (χ1) is 7.75. The van der Waals surface area contributed by atoms with Gasteiger partial charge in [0.1, 0.15) is 6.61 Å². The zero-order chi connectivity index (χ0) is 11.4. The zero-order valence-corrected chi connectivity index (χ0v) is 9.26. The Kier molecular flexibility index (Phi) is 3.64. The molecule has 0 aliphatic carbocycles. The Bertz CT molecular complexity index is 338. The molecule has 4 heteroatoms. The summed E-state index contributed by atoms with van der Waals surface area (Å²) in [6.45, 7) is 2.92. The van der Waals surface area contributed by atoms with E-state index in [0.29, 0.717) is 19.8 Å². The minimum Gasteiger partial charge on any atom is -0.486 e. The summed E-state index contributed by atoms with van der Waals surface area (Å²) in [5.74, 6) is 1.52. The van der Waals surface area contributed by atoms with Crippen molar-refractivity contribution in [2.24, 2.45) is 0 Å². The number of hydrogen-bond acceptors (Lipinski definition) is 4. The van der Waals surface area contributed by atoms with E-state index in [1.807, 2.05) is 24.3 Å². The van der Waals surface area contributed by atoms with E-state index in [1.165, 1.54) is 0 Å². The Hall–Kier alpha value is -1.26. The van der Waals surface area contributed by atoms with Crippen LogP contribution in [-0.2, 0) is 4.74 Å². The van der Waals surface area contributed by atoms with Crippen molar-refractivity contribution in [2.45, 2.75) is 19.1 Å². The molecule has 0 spiro atoms. The molecule has 2 atom stereocenters. The maximum Gasteiger partial charge on any atom is 0.161 e. The van der Waals surface area contributed by atoms with Crippen LogP contribution in [0.4, 0.5) is 0 Å². The number of benzene rings is 1. The quantitative estimate of drug-likeness (QED) is 0.835. The fraction of sp³-hybridized carbons (Fsp3) is 0.500. The molecule has 1 N–H and O–H groups in total. The van der Waals surface area contributed by atoms with Crippen LogP contribution in [0.5, 0.6) is 11.5 Å². The van der Waals surface area contributed by atoms with Crippen molar-refractivity contribution in [3.8, 4) is 11.5 Å². The van der Waals surface area contributed by atoms with Gasteiger partial charge in [-0.1, -0.05) is 12.1 Å². The van der Waals surface area contributed by atoms with Crippen molar-refractivity contribution in [3.05, 3.63) is 24.3 Å². The van der Waals surface area contributed by atoms with Crippen molar-refractivity contribution in [1.29, 1.82) is 0 Å². The normalized spacial score (nSPS) is 20.5. The molecule has 0 aromatic heterocycles. The summed E-state index contributed by atoms with van der Waals surface area (Å²) in [7, 11) is 0. The molecule has 2 rings (SSSR count). The average molecular weight is 224 g/mol. The van der Waals surface area contributed by atoms with Gasteiger partial charge in [0.15, 0.2) is 17.6 Å². The fourth-order valence-electron chi connectivity index (χ4n) is 1.52. The molecule has 1 heterocycles. The monoisotopic (exact) mass is 224 g/mol. The lowest BCUT2D eigenvalue weighted by molar-refractivity contribution is -0.0175. The second kappa shape index (κ2) is 5.18. The van der Waals surface area contributed by atoms with Crippen molar-refractivity contribution in [3.63, 3.8) is 0 Å². The maximum atomic E-state index is 9.04. The summed E-state index contributed by atoms with van der Waals surface area (Å²) in [6, 6.07) is 7.56. The Morgan fingerprint density at radius 2 is 2.19 bits per heavy atom. The first kappa shape index (κ1) is 11.2. The second-order valence-electron chi connectivity index (χ2n) is 3.88. The third-order valence-electron chi connectivity index (χ3n) is 2.23. The molecule has 2 unspecified atom stereocenters. The molecule has 1 aromatic carbocycles. The van der Waals surface area contributed by atoms with Gasteiger partial charge in [0, 0.05) is 0 Å². The van der Waals surface area contributed by atoms with Crippen LogP contribution in [0.25, 0.3) is 0 Å². The highest BCUT2D eigenvalue weighted by Crippen LogP contribution is 2.30. The van der Waals surface area contributed by atoms with E-state index >= 15 is 0 Å². The minimum absolute atomic E-state index is 0.103. The smallest absolute Gasteiger partial charge is 0.161 e. The molecule has 4 nitrogen and oxygen atoms in total. The van der Waals surface area contributed by atoms with E-state index in [9.17, 15) is 0 Å². The largest absolute Gasteiger partial charge is 0.486 e. The molecule has 0 amide bonds. The highest BCUT2D eigenvalue weighted by atomic mass is 16.6. The third-order valence-corrected chi connectivity index (χ3v) is 2.23. The van der Waals surface area contributed by atoms with Gasteiger partial charge in [-0.15, -0.1) is 0 Å². The predicted molar refractivity (Wildman–Crippen MR) is 58.9 cm³/mol. The van der Waals surface area contributed by atoms with Gasteiger partial charge in [-0.25, -0.2) is 0 Å². The van der Waals surface area contributed by atoms with E-state index in [0.717, 1.165) is 11.5 Å². The van der Waals surface area contributed by atoms with Crippen LogP contribution < -0.4 is 9.47 Å². The number of ether oxygens (including phenoxy) is 3. The van der Waals surface area contributed by atoms with E-state index in [1.54, 1.807) is 6.92 Å². The summed E-state index contributed by atoms with van der Waals surface area (Å²) in [5, 5.41) is 9.04. The molecular weight excluding hydrogens is 208 g/mol. The molecule has 88 valence electrons. The molecule has 1 aliphatic heterocycles. The summed E-state index contributed by atoms with van der Waals surface area (Å²) < 4.78 is 16.5. The number of aliphatic hydroxyl groups excluding tert-OH is 1. The van der Waals surface area contributed by atoms with E-state index < -0.39 is 6.10 Å².